The van der Waals surface area contributed by atoms with Gasteiger partial charge < -0.3 is 9.47 Å². The summed E-state index contributed by atoms with van der Waals surface area (Å²) >= 11 is 9.41. The Labute approximate surface area is 138 Å². The molecule has 1 saturated heterocycles. The first-order valence-electron chi connectivity index (χ1n) is 7.08. The Bertz CT molecular complexity index is 492. The van der Waals surface area contributed by atoms with E-state index in [0.29, 0.717) is 18.2 Å². The van der Waals surface area contributed by atoms with Crippen LogP contribution in [0.5, 0.6) is 0 Å². The normalized spacial score (nSPS) is 19.5. The van der Waals surface area contributed by atoms with Gasteiger partial charge in [0.1, 0.15) is 6.04 Å². The van der Waals surface area contributed by atoms with Crippen molar-refractivity contribution in [3.8, 4) is 0 Å². The number of hydrogen-bond donors (Lipinski definition) is 1. The molecule has 21 heavy (non-hydrogen) atoms. The minimum atomic E-state index is -0.527. The van der Waals surface area contributed by atoms with Gasteiger partial charge in [0.2, 0.25) is 0 Å². The molecule has 2 rings (SSSR count). The molecule has 1 aliphatic rings. The molecule has 1 N–H and O–H groups in total. The van der Waals surface area contributed by atoms with E-state index >= 15 is 0 Å². The van der Waals surface area contributed by atoms with Crippen molar-refractivity contribution in [2.24, 2.45) is 0 Å². The highest BCUT2D eigenvalue weighted by Crippen LogP contribution is 2.28. The van der Waals surface area contributed by atoms with Crippen LogP contribution >= 0.6 is 27.5 Å². The summed E-state index contributed by atoms with van der Waals surface area (Å²) in [6.07, 6.45) is 2.25. The summed E-state index contributed by atoms with van der Waals surface area (Å²) in [5.74, 6) is -0.293. The van der Waals surface area contributed by atoms with E-state index in [1.165, 1.54) is 0 Å². The minimum Gasteiger partial charge on any atom is -0.465 e. The third kappa shape index (κ3) is 4.68. The molecule has 1 heterocycles. The lowest BCUT2D eigenvalue weighted by Crippen LogP contribution is -2.35. The van der Waals surface area contributed by atoms with E-state index in [1.54, 1.807) is 19.1 Å². The van der Waals surface area contributed by atoms with Crippen LogP contribution in [0.4, 0.5) is 0 Å². The topological polar surface area (TPSA) is 47.6 Å². The maximum absolute atomic E-state index is 12.2. The Morgan fingerprint density at radius 2 is 2.43 bits per heavy atom. The smallest absolute Gasteiger partial charge is 0.327 e. The molecule has 0 saturated carbocycles. The van der Waals surface area contributed by atoms with Crippen molar-refractivity contribution < 1.29 is 14.3 Å². The number of carbonyl (C=O) groups excluding carboxylic acids is 1. The molecule has 0 amide bonds. The molecular formula is C15H19BrClNO3. The molecule has 116 valence electrons. The SMILES string of the molecule is CCOC(=O)C(NCC1CCCO1)c1ccc(Cl)cc1Br. The summed E-state index contributed by atoms with van der Waals surface area (Å²) in [4.78, 5) is 12.2. The summed E-state index contributed by atoms with van der Waals surface area (Å²) < 4.78 is 11.5. The summed E-state index contributed by atoms with van der Waals surface area (Å²) in [6, 6.07) is 4.84. The lowest BCUT2D eigenvalue weighted by molar-refractivity contribution is -0.146. The molecule has 0 aromatic heterocycles. The lowest BCUT2D eigenvalue weighted by Gasteiger charge is -2.21. The second kappa shape index (κ2) is 8.13. The van der Waals surface area contributed by atoms with E-state index in [9.17, 15) is 4.79 Å². The van der Waals surface area contributed by atoms with E-state index in [0.717, 1.165) is 29.5 Å². The van der Waals surface area contributed by atoms with Crippen LogP contribution in [-0.4, -0.2) is 31.8 Å². The van der Waals surface area contributed by atoms with Crippen LogP contribution in [0.3, 0.4) is 0 Å². The zero-order valence-corrected chi connectivity index (χ0v) is 14.2. The predicted molar refractivity (Wildman–Crippen MR) is 85.5 cm³/mol. The summed E-state index contributed by atoms with van der Waals surface area (Å²) in [7, 11) is 0. The second-order valence-electron chi connectivity index (χ2n) is 4.89. The third-order valence-electron chi connectivity index (χ3n) is 3.37. The molecule has 1 fully saturated rings. The average Bonchev–Trinajstić information content (AvgIpc) is 2.94. The first-order chi connectivity index (χ1) is 10.1. The molecule has 2 unspecified atom stereocenters. The Balaban J connectivity index is 2.12. The van der Waals surface area contributed by atoms with Crippen LogP contribution in [0.2, 0.25) is 5.02 Å². The van der Waals surface area contributed by atoms with Crippen molar-refractivity contribution in [2.75, 3.05) is 19.8 Å². The molecule has 0 bridgehead atoms. The number of benzene rings is 1. The largest absolute Gasteiger partial charge is 0.465 e. The van der Waals surface area contributed by atoms with E-state index in [-0.39, 0.29) is 12.1 Å². The van der Waals surface area contributed by atoms with Crippen LogP contribution in [0.1, 0.15) is 31.4 Å². The molecule has 6 heteroatoms. The fourth-order valence-corrected chi connectivity index (χ4v) is 3.25. The van der Waals surface area contributed by atoms with Gasteiger partial charge in [0.15, 0.2) is 0 Å². The van der Waals surface area contributed by atoms with Crippen LogP contribution < -0.4 is 5.32 Å². The zero-order chi connectivity index (χ0) is 15.2. The van der Waals surface area contributed by atoms with Crippen molar-refractivity contribution in [2.45, 2.75) is 31.9 Å². The molecule has 1 aliphatic heterocycles. The number of nitrogens with one attached hydrogen (secondary N) is 1. The molecular weight excluding hydrogens is 358 g/mol. The van der Waals surface area contributed by atoms with Crippen LogP contribution in [-0.2, 0) is 14.3 Å². The average molecular weight is 377 g/mol. The van der Waals surface area contributed by atoms with Gasteiger partial charge in [-0.3, -0.25) is 5.32 Å². The van der Waals surface area contributed by atoms with E-state index in [4.69, 9.17) is 21.1 Å². The van der Waals surface area contributed by atoms with Gasteiger partial charge in [-0.15, -0.1) is 0 Å². The van der Waals surface area contributed by atoms with Gasteiger partial charge in [-0.2, -0.15) is 0 Å². The first kappa shape index (κ1) is 16.7. The van der Waals surface area contributed by atoms with Crippen molar-refractivity contribution in [3.05, 3.63) is 33.3 Å². The van der Waals surface area contributed by atoms with Crippen LogP contribution in [0, 0.1) is 0 Å². The van der Waals surface area contributed by atoms with Crippen molar-refractivity contribution >= 4 is 33.5 Å². The fourth-order valence-electron chi connectivity index (χ4n) is 2.34. The highest BCUT2D eigenvalue weighted by molar-refractivity contribution is 9.10. The fraction of sp³-hybridized carbons (Fsp3) is 0.533. The van der Waals surface area contributed by atoms with Crippen LogP contribution in [0.25, 0.3) is 0 Å². The highest BCUT2D eigenvalue weighted by atomic mass is 79.9. The van der Waals surface area contributed by atoms with E-state index in [1.807, 2.05) is 6.07 Å². The van der Waals surface area contributed by atoms with E-state index in [2.05, 4.69) is 21.2 Å². The number of halogens is 2. The second-order valence-corrected chi connectivity index (χ2v) is 6.18. The summed E-state index contributed by atoms with van der Waals surface area (Å²) in [5, 5.41) is 3.87. The maximum atomic E-state index is 12.2. The number of carbonyl (C=O) groups is 1. The number of hydrogen-bond acceptors (Lipinski definition) is 4. The summed E-state index contributed by atoms with van der Waals surface area (Å²) in [5.41, 5.74) is 0.816. The Morgan fingerprint density at radius 1 is 1.62 bits per heavy atom. The lowest BCUT2D eigenvalue weighted by atomic mass is 10.1. The molecule has 0 aliphatic carbocycles. The first-order valence-corrected chi connectivity index (χ1v) is 8.25. The van der Waals surface area contributed by atoms with Crippen molar-refractivity contribution in [1.82, 2.24) is 5.32 Å². The Kier molecular flexibility index (Phi) is 6.48. The van der Waals surface area contributed by atoms with E-state index < -0.39 is 6.04 Å². The zero-order valence-electron chi connectivity index (χ0n) is 11.9. The Morgan fingerprint density at radius 3 is 3.05 bits per heavy atom. The van der Waals surface area contributed by atoms with Gasteiger partial charge >= 0.3 is 5.97 Å². The summed E-state index contributed by atoms with van der Waals surface area (Å²) in [6.45, 7) is 3.56. The molecule has 1 aromatic rings. The highest BCUT2D eigenvalue weighted by Gasteiger charge is 2.26. The predicted octanol–water partition coefficient (Wildman–Crippen LogP) is 3.48. The maximum Gasteiger partial charge on any atom is 0.327 e. The molecule has 1 aromatic carbocycles. The van der Waals surface area contributed by atoms with Gasteiger partial charge in [0.05, 0.1) is 12.7 Å². The van der Waals surface area contributed by atoms with Crippen molar-refractivity contribution in [1.29, 1.82) is 0 Å². The van der Waals surface area contributed by atoms with Crippen LogP contribution in [0.15, 0.2) is 22.7 Å². The molecule has 0 radical (unpaired) electrons. The number of rotatable bonds is 6. The Hall–Kier alpha value is -0.620. The van der Waals surface area contributed by atoms with Gasteiger partial charge in [-0.05, 0) is 37.5 Å². The minimum absolute atomic E-state index is 0.160. The van der Waals surface area contributed by atoms with Gasteiger partial charge in [-0.1, -0.05) is 33.6 Å². The number of esters is 1. The quantitative estimate of drug-likeness (QED) is 0.772. The number of ether oxygens (including phenoxy) is 2. The molecule has 4 nitrogen and oxygen atoms in total. The monoisotopic (exact) mass is 375 g/mol. The third-order valence-corrected chi connectivity index (χ3v) is 4.29. The van der Waals surface area contributed by atoms with Gasteiger partial charge in [0, 0.05) is 22.6 Å². The standard InChI is InChI=1S/C15H19BrClNO3/c1-2-20-15(19)14(18-9-11-4-3-7-21-11)12-6-5-10(17)8-13(12)16/h5-6,8,11,14,18H,2-4,7,9H2,1H3. The van der Waals surface area contributed by atoms with Crippen molar-refractivity contribution in [3.63, 3.8) is 0 Å². The molecule has 0 spiro atoms. The van der Waals surface area contributed by atoms with Gasteiger partial charge in [0.25, 0.3) is 0 Å². The van der Waals surface area contributed by atoms with Gasteiger partial charge in [-0.25, -0.2) is 4.79 Å². The molecule has 2 atom stereocenters.